The first-order valence-corrected chi connectivity index (χ1v) is 8.03. The minimum atomic E-state index is 0.500. The topological polar surface area (TPSA) is 39.1 Å². The Bertz CT molecular complexity index is 372. The van der Waals surface area contributed by atoms with Crippen LogP contribution in [0.4, 0.5) is 0 Å². The minimum absolute atomic E-state index is 0.500. The molecular weight excluding hydrogens is 250 g/mol. The molecule has 1 aromatic rings. The number of rotatable bonds is 8. The lowest BCUT2D eigenvalue weighted by molar-refractivity contribution is 0.189. The third-order valence-corrected chi connectivity index (χ3v) is 4.38. The van der Waals surface area contributed by atoms with Crippen molar-refractivity contribution >= 4 is 0 Å². The highest BCUT2D eigenvalue weighted by Crippen LogP contribution is 2.27. The number of likely N-dealkylation sites (N-methyl/N-ethyl adjacent to an activating group) is 1. The van der Waals surface area contributed by atoms with E-state index in [0.717, 1.165) is 25.9 Å². The van der Waals surface area contributed by atoms with Crippen LogP contribution in [0.3, 0.4) is 0 Å². The molecule has 1 atom stereocenters. The van der Waals surface area contributed by atoms with E-state index >= 15 is 0 Å². The van der Waals surface area contributed by atoms with Crippen molar-refractivity contribution in [1.29, 1.82) is 0 Å². The first kappa shape index (κ1) is 15.5. The Balaban J connectivity index is 1.84. The molecule has 0 amide bonds. The molecule has 4 heteroatoms. The van der Waals surface area contributed by atoms with Crippen molar-refractivity contribution in [2.75, 3.05) is 20.8 Å². The molecular formula is C16H29N3O. The third kappa shape index (κ3) is 4.60. The molecule has 1 heterocycles. The molecule has 0 bridgehead atoms. The first-order valence-electron chi connectivity index (χ1n) is 8.03. The predicted octanol–water partition coefficient (Wildman–Crippen LogP) is 2.95. The average molecular weight is 279 g/mol. The Labute approximate surface area is 122 Å². The molecule has 0 radical (unpaired) electrons. The Morgan fingerprint density at radius 1 is 1.40 bits per heavy atom. The van der Waals surface area contributed by atoms with E-state index in [1.165, 1.54) is 37.8 Å². The third-order valence-electron chi connectivity index (χ3n) is 4.38. The smallest absolute Gasteiger partial charge is 0.0640 e. The van der Waals surface area contributed by atoms with Crippen LogP contribution in [-0.4, -0.2) is 36.6 Å². The maximum absolute atomic E-state index is 5.12. The molecule has 1 aromatic heterocycles. The minimum Gasteiger partial charge on any atom is -0.385 e. The Hall–Kier alpha value is -0.870. The van der Waals surface area contributed by atoms with Crippen LogP contribution in [0.1, 0.15) is 56.7 Å². The first-order chi connectivity index (χ1) is 9.83. The summed E-state index contributed by atoms with van der Waals surface area (Å²) in [6.07, 6.45) is 12.1. The molecule has 0 spiro atoms. The van der Waals surface area contributed by atoms with Gasteiger partial charge in [-0.1, -0.05) is 19.3 Å². The van der Waals surface area contributed by atoms with Crippen molar-refractivity contribution in [2.45, 2.75) is 63.5 Å². The number of hydrogen-bond acceptors (Lipinski definition) is 3. The van der Waals surface area contributed by atoms with Crippen LogP contribution < -0.4 is 5.32 Å². The van der Waals surface area contributed by atoms with Gasteiger partial charge in [0.2, 0.25) is 0 Å². The van der Waals surface area contributed by atoms with E-state index in [4.69, 9.17) is 9.84 Å². The molecule has 4 nitrogen and oxygen atoms in total. The van der Waals surface area contributed by atoms with Crippen LogP contribution in [0, 0.1) is 0 Å². The molecule has 1 saturated carbocycles. The van der Waals surface area contributed by atoms with Gasteiger partial charge in [-0.05, 0) is 38.8 Å². The summed E-state index contributed by atoms with van der Waals surface area (Å²) < 4.78 is 7.33. The quantitative estimate of drug-likeness (QED) is 0.744. The van der Waals surface area contributed by atoms with Gasteiger partial charge in [0.15, 0.2) is 0 Å². The molecule has 1 aliphatic rings. The SMILES string of the molecule is CNC(CCCOC)Cc1ccn(C2CCCCC2)n1. The fraction of sp³-hybridized carbons (Fsp3) is 0.812. The van der Waals surface area contributed by atoms with Gasteiger partial charge in [-0.15, -0.1) is 0 Å². The van der Waals surface area contributed by atoms with Crippen LogP contribution in [-0.2, 0) is 11.2 Å². The Morgan fingerprint density at radius 3 is 2.90 bits per heavy atom. The van der Waals surface area contributed by atoms with E-state index < -0.39 is 0 Å². The zero-order valence-corrected chi connectivity index (χ0v) is 13.0. The zero-order chi connectivity index (χ0) is 14.2. The molecule has 2 rings (SSSR count). The molecule has 0 saturated heterocycles. The summed E-state index contributed by atoms with van der Waals surface area (Å²) in [5.74, 6) is 0. The van der Waals surface area contributed by atoms with Crippen molar-refractivity contribution in [3.63, 3.8) is 0 Å². The number of ether oxygens (including phenoxy) is 1. The lowest BCUT2D eigenvalue weighted by Gasteiger charge is -2.22. The summed E-state index contributed by atoms with van der Waals surface area (Å²) in [5.41, 5.74) is 1.22. The summed E-state index contributed by atoms with van der Waals surface area (Å²) in [6, 6.07) is 3.33. The number of aromatic nitrogens is 2. The molecule has 114 valence electrons. The van der Waals surface area contributed by atoms with Gasteiger partial charge >= 0.3 is 0 Å². The summed E-state index contributed by atoms with van der Waals surface area (Å²) in [7, 11) is 3.80. The Kier molecular flexibility index (Phi) is 6.54. The second-order valence-electron chi connectivity index (χ2n) is 5.90. The highest BCUT2D eigenvalue weighted by atomic mass is 16.5. The summed E-state index contributed by atoms with van der Waals surface area (Å²) in [6.45, 7) is 0.842. The largest absolute Gasteiger partial charge is 0.385 e. The lowest BCUT2D eigenvalue weighted by Crippen LogP contribution is -2.28. The molecule has 20 heavy (non-hydrogen) atoms. The van der Waals surface area contributed by atoms with Gasteiger partial charge in [-0.3, -0.25) is 4.68 Å². The second kappa shape index (κ2) is 8.42. The van der Waals surface area contributed by atoms with Gasteiger partial charge < -0.3 is 10.1 Å². The summed E-state index contributed by atoms with van der Waals surface area (Å²) in [4.78, 5) is 0. The normalized spacial score (nSPS) is 18.3. The van der Waals surface area contributed by atoms with Crippen LogP contribution in [0.25, 0.3) is 0 Å². The lowest BCUT2D eigenvalue weighted by atomic mass is 9.96. The maximum Gasteiger partial charge on any atom is 0.0640 e. The van der Waals surface area contributed by atoms with Crippen LogP contribution in [0.5, 0.6) is 0 Å². The van der Waals surface area contributed by atoms with Gasteiger partial charge in [-0.2, -0.15) is 5.10 Å². The van der Waals surface area contributed by atoms with E-state index in [-0.39, 0.29) is 0 Å². The standard InChI is InChI=1S/C16H29N3O/c1-17-14(7-6-12-20-2)13-15-10-11-19(18-15)16-8-4-3-5-9-16/h10-11,14,16-17H,3-9,12-13H2,1-2H3. The molecule has 0 aromatic carbocycles. The average Bonchev–Trinajstić information content (AvgIpc) is 2.96. The van der Waals surface area contributed by atoms with Crippen molar-refractivity contribution < 1.29 is 4.74 Å². The summed E-state index contributed by atoms with van der Waals surface area (Å²) >= 11 is 0. The number of hydrogen-bond donors (Lipinski definition) is 1. The fourth-order valence-corrected chi connectivity index (χ4v) is 3.11. The highest BCUT2D eigenvalue weighted by molar-refractivity contribution is 5.02. The Morgan fingerprint density at radius 2 is 2.20 bits per heavy atom. The van der Waals surface area contributed by atoms with Crippen molar-refractivity contribution in [3.05, 3.63) is 18.0 Å². The van der Waals surface area contributed by atoms with Crippen molar-refractivity contribution in [2.24, 2.45) is 0 Å². The second-order valence-corrected chi connectivity index (χ2v) is 5.90. The van der Waals surface area contributed by atoms with Gasteiger partial charge in [0, 0.05) is 32.4 Å². The van der Waals surface area contributed by atoms with Gasteiger partial charge in [0.1, 0.15) is 0 Å². The van der Waals surface area contributed by atoms with Gasteiger partial charge in [0.05, 0.1) is 11.7 Å². The van der Waals surface area contributed by atoms with Gasteiger partial charge in [-0.25, -0.2) is 0 Å². The molecule has 1 fully saturated rings. The number of methoxy groups -OCH3 is 1. The maximum atomic E-state index is 5.12. The molecule has 1 aliphatic carbocycles. The van der Waals surface area contributed by atoms with E-state index in [1.54, 1.807) is 7.11 Å². The number of nitrogens with zero attached hydrogens (tertiary/aromatic N) is 2. The van der Waals surface area contributed by atoms with Crippen molar-refractivity contribution in [3.8, 4) is 0 Å². The van der Waals surface area contributed by atoms with E-state index in [1.807, 2.05) is 7.05 Å². The number of nitrogens with one attached hydrogen (secondary N) is 1. The molecule has 1 N–H and O–H groups in total. The van der Waals surface area contributed by atoms with Crippen LogP contribution in [0.15, 0.2) is 12.3 Å². The van der Waals surface area contributed by atoms with Crippen LogP contribution >= 0.6 is 0 Å². The van der Waals surface area contributed by atoms with E-state index in [9.17, 15) is 0 Å². The van der Waals surface area contributed by atoms with Crippen molar-refractivity contribution in [1.82, 2.24) is 15.1 Å². The van der Waals surface area contributed by atoms with Gasteiger partial charge in [0.25, 0.3) is 0 Å². The molecule has 0 aliphatic heterocycles. The highest BCUT2D eigenvalue weighted by Gasteiger charge is 2.16. The summed E-state index contributed by atoms with van der Waals surface area (Å²) in [5, 5.41) is 8.19. The zero-order valence-electron chi connectivity index (χ0n) is 13.0. The van der Waals surface area contributed by atoms with Crippen LogP contribution in [0.2, 0.25) is 0 Å². The monoisotopic (exact) mass is 279 g/mol. The fourth-order valence-electron chi connectivity index (χ4n) is 3.11. The van der Waals surface area contributed by atoms with E-state index in [0.29, 0.717) is 12.1 Å². The predicted molar refractivity (Wildman–Crippen MR) is 82.0 cm³/mol. The molecule has 1 unspecified atom stereocenters. The van der Waals surface area contributed by atoms with E-state index in [2.05, 4.69) is 22.3 Å².